The molecule has 2 rings (SSSR count). The largest absolute Gasteiger partial charge is 0.238 e. The predicted octanol–water partition coefficient (Wildman–Crippen LogP) is 2.00. The summed E-state index contributed by atoms with van der Waals surface area (Å²) in [5.74, 6) is -0.693. The third-order valence-electron chi connectivity index (χ3n) is 3.94. The topological polar surface area (TPSA) is 97.5 Å². The highest BCUT2D eigenvalue weighted by atomic mass is 32.2. The van der Waals surface area contributed by atoms with E-state index in [2.05, 4.69) is 0 Å². The van der Waals surface area contributed by atoms with Crippen LogP contribution in [0.25, 0.3) is 0 Å². The van der Waals surface area contributed by atoms with Crippen molar-refractivity contribution in [2.24, 2.45) is 5.14 Å². The van der Waals surface area contributed by atoms with Crippen LogP contribution in [0.4, 0.5) is 4.39 Å². The first kappa shape index (κ1) is 19.5. The molecule has 2 aromatic carbocycles. The van der Waals surface area contributed by atoms with E-state index in [1.807, 2.05) is 0 Å². The summed E-state index contributed by atoms with van der Waals surface area (Å²) in [4.78, 5) is -0.0414. The van der Waals surface area contributed by atoms with Crippen LogP contribution in [0.2, 0.25) is 0 Å². The number of benzene rings is 2. The molecule has 0 aliphatic rings. The molecule has 9 heteroatoms. The Morgan fingerprint density at radius 3 is 2.00 bits per heavy atom. The normalized spacial score (nSPS) is 13.8. The van der Waals surface area contributed by atoms with Crippen molar-refractivity contribution in [2.75, 3.05) is 7.05 Å². The van der Waals surface area contributed by atoms with Crippen molar-refractivity contribution in [2.45, 2.75) is 23.6 Å². The fraction of sp³-hybridized carbons (Fsp3) is 0.250. The van der Waals surface area contributed by atoms with E-state index in [1.54, 1.807) is 6.92 Å². The van der Waals surface area contributed by atoms with Crippen LogP contribution >= 0.6 is 0 Å². The van der Waals surface area contributed by atoms with E-state index >= 15 is 0 Å². The Hall–Kier alpha value is -1.81. The maximum atomic E-state index is 12.9. The Kier molecular flexibility index (Phi) is 5.62. The molecule has 2 N–H and O–H groups in total. The van der Waals surface area contributed by atoms with Gasteiger partial charge in [0, 0.05) is 13.1 Å². The van der Waals surface area contributed by atoms with Gasteiger partial charge in [-0.2, -0.15) is 4.31 Å². The Bertz CT molecular complexity index is 941. The molecule has 0 radical (unpaired) electrons. The van der Waals surface area contributed by atoms with E-state index in [0.29, 0.717) is 11.1 Å². The molecule has 2 aromatic rings. The second-order valence-electron chi connectivity index (χ2n) is 5.69. The molecule has 0 heterocycles. The second-order valence-corrected chi connectivity index (χ2v) is 9.28. The Morgan fingerprint density at radius 1 is 1.00 bits per heavy atom. The molecule has 25 heavy (non-hydrogen) atoms. The molecule has 0 aliphatic heterocycles. The minimum Gasteiger partial charge on any atom is -0.225 e. The van der Waals surface area contributed by atoms with E-state index < -0.39 is 31.9 Å². The molecule has 0 bridgehead atoms. The fourth-order valence-electron chi connectivity index (χ4n) is 2.28. The first-order valence-electron chi connectivity index (χ1n) is 7.33. The summed E-state index contributed by atoms with van der Waals surface area (Å²) in [5, 5.41) is 5.05. The summed E-state index contributed by atoms with van der Waals surface area (Å²) < 4.78 is 61.8. The van der Waals surface area contributed by atoms with Gasteiger partial charge in [-0.3, -0.25) is 0 Å². The van der Waals surface area contributed by atoms with Gasteiger partial charge in [-0.1, -0.05) is 24.3 Å². The van der Waals surface area contributed by atoms with Crippen LogP contribution in [0.3, 0.4) is 0 Å². The Labute approximate surface area is 147 Å². The quantitative estimate of drug-likeness (QED) is 0.821. The molecule has 0 aromatic heterocycles. The van der Waals surface area contributed by atoms with Gasteiger partial charge in [0.1, 0.15) is 5.82 Å². The van der Waals surface area contributed by atoms with Crippen molar-refractivity contribution in [3.05, 3.63) is 65.5 Å². The van der Waals surface area contributed by atoms with Gasteiger partial charge in [-0.25, -0.2) is 26.4 Å². The fourth-order valence-corrected chi connectivity index (χ4v) is 4.22. The first-order chi connectivity index (χ1) is 11.5. The summed E-state index contributed by atoms with van der Waals surface area (Å²) >= 11 is 0. The number of rotatable bonds is 6. The van der Waals surface area contributed by atoms with Gasteiger partial charge in [-0.05, 0) is 42.3 Å². The minimum absolute atomic E-state index is 0.0414. The summed E-state index contributed by atoms with van der Waals surface area (Å²) in [6.45, 7) is 1.69. The average molecular weight is 386 g/mol. The van der Waals surface area contributed by atoms with Crippen molar-refractivity contribution >= 4 is 20.0 Å². The van der Waals surface area contributed by atoms with Gasteiger partial charge in [-0.15, -0.1) is 0 Å². The van der Waals surface area contributed by atoms with Crippen LogP contribution in [0.5, 0.6) is 0 Å². The highest BCUT2D eigenvalue weighted by Gasteiger charge is 2.25. The highest BCUT2D eigenvalue weighted by molar-refractivity contribution is 7.89. The van der Waals surface area contributed by atoms with Crippen LogP contribution in [0, 0.1) is 5.82 Å². The Morgan fingerprint density at radius 2 is 1.52 bits per heavy atom. The molecule has 1 unspecified atom stereocenters. The van der Waals surface area contributed by atoms with Gasteiger partial charge in [0.25, 0.3) is 0 Å². The van der Waals surface area contributed by atoms with Gasteiger partial charge < -0.3 is 0 Å². The van der Waals surface area contributed by atoms with Gasteiger partial charge in [0.15, 0.2) is 0 Å². The zero-order valence-corrected chi connectivity index (χ0v) is 15.4. The number of primary sulfonamides is 1. The number of nitrogens with zero attached hydrogens (tertiary/aromatic N) is 1. The minimum atomic E-state index is -3.80. The summed E-state index contributed by atoms with van der Waals surface area (Å²) in [6, 6.07) is 10.5. The molecular formula is C16H19FN2O4S2. The lowest BCUT2D eigenvalue weighted by atomic mass is 10.1. The molecule has 136 valence electrons. The molecule has 6 nitrogen and oxygen atoms in total. The SMILES string of the molecule is CC(c1ccc(S(N)(=O)=O)cc1)N(C)S(=O)(=O)Cc1ccc(F)cc1. The second kappa shape index (κ2) is 7.20. The first-order valence-corrected chi connectivity index (χ1v) is 10.5. The third-order valence-corrected chi connectivity index (χ3v) is 6.76. The molecule has 0 amide bonds. The number of nitrogens with two attached hydrogens (primary N) is 1. The molecule has 0 saturated heterocycles. The van der Waals surface area contributed by atoms with Gasteiger partial charge >= 0.3 is 0 Å². The zero-order valence-electron chi connectivity index (χ0n) is 13.8. The zero-order chi connectivity index (χ0) is 18.8. The molecular weight excluding hydrogens is 367 g/mol. The predicted molar refractivity (Wildman–Crippen MR) is 93.0 cm³/mol. The number of hydrogen-bond donors (Lipinski definition) is 1. The molecule has 0 aliphatic carbocycles. The van der Waals surface area contributed by atoms with E-state index in [1.165, 1.54) is 59.9 Å². The summed E-state index contributed by atoms with van der Waals surface area (Å²) in [6.07, 6.45) is 0. The highest BCUT2D eigenvalue weighted by Crippen LogP contribution is 2.24. The van der Waals surface area contributed by atoms with Crippen molar-refractivity contribution < 1.29 is 21.2 Å². The summed E-state index contributed by atoms with van der Waals surface area (Å²) in [5.41, 5.74) is 1.10. The number of sulfonamides is 2. The summed E-state index contributed by atoms with van der Waals surface area (Å²) in [7, 11) is -6.00. The maximum absolute atomic E-state index is 12.9. The molecule has 0 spiro atoms. The van der Waals surface area contributed by atoms with Crippen LogP contribution in [-0.4, -0.2) is 28.2 Å². The van der Waals surface area contributed by atoms with Crippen LogP contribution in [-0.2, 0) is 25.8 Å². The molecule has 0 fully saturated rings. The lowest BCUT2D eigenvalue weighted by Crippen LogP contribution is -2.31. The lowest BCUT2D eigenvalue weighted by molar-refractivity contribution is 0.397. The average Bonchev–Trinajstić information content (AvgIpc) is 2.54. The smallest absolute Gasteiger partial charge is 0.225 e. The van der Waals surface area contributed by atoms with Crippen LogP contribution in [0.1, 0.15) is 24.1 Å². The van der Waals surface area contributed by atoms with Crippen molar-refractivity contribution in [3.63, 3.8) is 0 Å². The van der Waals surface area contributed by atoms with Crippen molar-refractivity contribution in [1.82, 2.24) is 4.31 Å². The maximum Gasteiger partial charge on any atom is 0.238 e. The van der Waals surface area contributed by atoms with Crippen molar-refractivity contribution in [3.8, 4) is 0 Å². The molecule has 1 atom stereocenters. The van der Waals surface area contributed by atoms with Gasteiger partial charge in [0.2, 0.25) is 20.0 Å². The number of halogens is 1. The Balaban J connectivity index is 2.20. The van der Waals surface area contributed by atoms with E-state index in [-0.39, 0.29) is 10.6 Å². The standard InChI is InChI=1S/C16H19FN2O4S2/c1-12(14-5-9-16(10-6-14)25(18,22)23)19(2)24(20,21)11-13-3-7-15(17)8-4-13/h3-10,12H,11H2,1-2H3,(H2,18,22,23). The van der Waals surface area contributed by atoms with Crippen LogP contribution in [0.15, 0.2) is 53.4 Å². The van der Waals surface area contributed by atoms with Gasteiger partial charge in [0.05, 0.1) is 10.6 Å². The van der Waals surface area contributed by atoms with Crippen LogP contribution < -0.4 is 5.14 Å². The lowest BCUT2D eigenvalue weighted by Gasteiger charge is -2.25. The molecule has 0 saturated carbocycles. The van der Waals surface area contributed by atoms with E-state index in [4.69, 9.17) is 5.14 Å². The number of hydrogen-bond acceptors (Lipinski definition) is 4. The van der Waals surface area contributed by atoms with E-state index in [9.17, 15) is 21.2 Å². The van der Waals surface area contributed by atoms with Crippen molar-refractivity contribution in [1.29, 1.82) is 0 Å². The monoisotopic (exact) mass is 386 g/mol. The van der Waals surface area contributed by atoms with E-state index in [0.717, 1.165) is 0 Å². The third kappa shape index (κ3) is 4.85.